The summed E-state index contributed by atoms with van der Waals surface area (Å²) in [5.41, 5.74) is 15.1. The highest BCUT2D eigenvalue weighted by molar-refractivity contribution is 7.19. The molecule has 0 saturated carbocycles. The van der Waals surface area contributed by atoms with Gasteiger partial charge in [-0.15, -0.1) is 45.3 Å². The molecule has 1 N–H and O–H groups in total. The number of imidazole rings is 3. The summed E-state index contributed by atoms with van der Waals surface area (Å²) in [7, 11) is 0. The second kappa shape index (κ2) is 40.0. The Kier molecular flexibility index (Phi) is 30.5. The van der Waals surface area contributed by atoms with Gasteiger partial charge in [0.15, 0.2) is 11.3 Å². The highest BCUT2D eigenvalue weighted by atomic mass is 32.1. The lowest BCUT2D eigenvalue weighted by atomic mass is 10.0. The van der Waals surface area contributed by atoms with Gasteiger partial charge in [0.05, 0.1) is 107 Å². The minimum absolute atomic E-state index is 0. The van der Waals surface area contributed by atoms with Crippen molar-refractivity contribution in [3.63, 3.8) is 0 Å². The molecule has 0 atom stereocenters. The molecule has 17 aromatic rings. The molecular formula is C86H102N18S5. The molecule has 18 nitrogen and oxygen atoms in total. The lowest BCUT2D eigenvalue weighted by molar-refractivity contribution is 0.799. The molecule has 109 heavy (non-hydrogen) atoms. The van der Waals surface area contributed by atoms with Gasteiger partial charge in [-0.3, -0.25) is 19.9 Å². The van der Waals surface area contributed by atoms with Gasteiger partial charge in [0.25, 0.3) is 0 Å². The zero-order valence-electron chi connectivity index (χ0n) is 65.0. The maximum Gasteiger partial charge on any atom is 0.170 e. The molecule has 0 saturated heterocycles. The van der Waals surface area contributed by atoms with E-state index in [0.29, 0.717) is 53.3 Å². The number of pyridine rings is 6. The Morgan fingerprint density at radius 3 is 1.50 bits per heavy atom. The number of para-hydroxylation sites is 3. The van der Waals surface area contributed by atoms with E-state index in [0.717, 1.165) is 84.2 Å². The zero-order valence-corrected chi connectivity index (χ0v) is 69.1. The van der Waals surface area contributed by atoms with E-state index in [9.17, 15) is 0 Å². The normalized spacial score (nSPS) is 11.5. The SMILES string of the molecule is C.CC(C)C1=Nc2cnccc2C1.CC(C)c1cn2ccccc2n1.CC(C)c1cn2ncccc2n1.CC(C)c1nc2ccccc2[nH]1.CC(C)c1nc2ccccc2s1.CC(C)c1nc2cccnc2s1.CC(C)c1nc2ccncc2s1.CC(C)c1nc2cnccc2s1.CC(C)c1nc2ncccc2s1. The van der Waals surface area contributed by atoms with Gasteiger partial charge in [0.2, 0.25) is 0 Å². The van der Waals surface area contributed by atoms with Crippen LogP contribution in [0.1, 0.15) is 227 Å². The van der Waals surface area contributed by atoms with Gasteiger partial charge < -0.3 is 9.38 Å². The van der Waals surface area contributed by atoms with E-state index < -0.39 is 0 Å². The summed E-state index contributed by atoms with van der Waals surface area (Å²) in [5, 5.41) is 10.1. The molecule has 15 aromatic heterocycles. The molecule has 0 unspecified atom stereocenters. The molecule has 0 aliphatic carbocycles. The van der Waals surface area contributed by atoms with E-state index >= 15 is 0 Å². The Balaban J connectivity index is 0.000000141. The average Bonchev–Trinajstić information content (AvgIpc) is 1.79. The maximum absolute atomic E-state index is 4.53. The molecule has 1 aliphatic rings. The van der Waals surface area contributed by atoms with E-state index in [1.54, 1.807) is 79.8 Å². The molecule has 566 valence electrons. The van der Waals surface area contributed by atoms with Crippen LogP contribution in [0, 0.1) is 5.92 Å². The standard InChI is InChI=1S/3C10H12N2.C10H11NS.C9H11N3.4C9H10N2S.CH4/c1-7(2)9-5-8-3-4-11-6-10(8)12-9;1-8(2)9-7-12-6-4-3-5-10(12)11-9;2*1-7(2)10-11-8-5-3-4-6-9(8)12-10;1-7(2)8-6-12-9(11-8)4-3-5-10-12;1-6(2)9-11-7-5-10-4-3-8(7)12-9;1-6(2)9-11-7-3-4-10-5-8(7)12-9;1-6(2)9-11-8-7(12-9)4-3-5-10-8;1-6(2)8-11-7-4-3-5-10-9(7)12-8;/h3-4,6-7H,5H2,1-2H3;3-8H,1-2H3;3-7H,1-2H3,(H,11,12);2*3-7H,1-2H3;4*3-6H,1-2H3;1H4. The number of nitrogens with one attached hydrogen (secondary N) is 1. The van der Waals surface area contributed by atoms with E-state index in [-0.39, 0.29) is 7.43 Å². The van der Waals surface area contributed by atoms with Crippen LogP contribution in [-0.4, -0.2) is 89.5 Å². The summed E-state index contributed by atoms with van der Waals surface area (Å²) in [6.07, 6.45) is 23.4. The molecule has 18 rings (SSSR count). The quantitative estimate of drug-likeness (QED) is 0.142. The van der Waals surface area contributed by atoms with Crippen molar-refractivity contribution in [2.75, 3.05) is 0 Å². The van der Waals surface area contributed by atoms with Crippen LogP contribution in [0.5, 0.6) is 0 Å². The number of rotatable bonds is 9. The van der Waals surface area contributed by atoms with Gasteiger partial charge >= 0.3 is 0 Å². The highest BCUT2D eigenvalue weighted by Gasteiger charge is 2.17. The molecule has 1 aliphatic heterocycles. The summed E-state index contributed by atoms with van der Waals surface area (Å²) in [5.74, 6) is 5.64. The first-order chi connectivity index (χ1) is 51.9. The molecule has 0 amide bonds. The third kappa shape index (κ3) is 23.3. The topological polar surface area (TPSA) is 217 Å². The first-order valence-corrected chi connectivity index (χ1v) is 40.9. The Labute approximate surface area is 661 Å². The van der Waals surface area contributed by atoms with E-state index in [1.165, 1.54) is 55.1 Å². The number of H-pyrrole nitrogens is 1. The molecule has 0 spiro atoms. The Bertz CT molecular complexity index is 4440. The highest BCUT2D eigenvalue weighted by Crippen LogP contribution is 2.32. The molecule has 0 radical (unpaired) electrons. The van der Waals surface area contributed by atoms with Crippen molar-refractivity contribution in [2.45, 2.75) is 186 Å². The second-order valence-electron chi connectivity index (χ2n) is 28.5. The predicted octanol–water partition coefficient (Wildman–Crippen LogP) is 24.7. The summed E-state index contributed by atoms with van der Waals surface area (Å²) < 4.78 is 8.74. The van der Waals surface area contributed by atoms with Gasteiger partial charge in [-0.05, 0) is 114 Å². The molecule has 0 bridgehead atoms. The number of hydrogen-bond donors (Lipinski definition) is 1. The maximum atomic E-state index is 4.53. The fourth-order valence-corrected chi connectivity index (χ4v) is 15.0. The van der Waals surface area contributed by atoms with Gasteiger partial charge in [0.1, 0.15) is 21.8 Å². The van der Waals surface area contributed by atoms with Gasteiger partial charge in [0, 0.05) is 103 Å². The van der Waals surface area contributed by atoms with Crippen molar-refractivity contribution in [2.24, 2.45) is 10.9 Å². The largest absolute Gasteiger partial charge is 0.342 e. The fourth-order valence-electron chi connectivity index (χ4n) is 10.3. The van der Waals surface area contributed by atoms with Crippen LogP contribution in [0.4, 0.5) is 5.69 Å². The minimum Gasteiger partial charge on any atom is -0.342 e. The molecule has 2 aromatic carbocycles. The van der Waals surface area contributed by atoms with Crippen molar-refractivity contribution in [1.29, 1.82) is 0 Å². The third-order valence-electron chi connectivity index (χ3n) is 16.5. The fraction of sp³-hybridized carbons (Fsp3) is 0.337. The van der Waals surface area contributed by atoms with E-state index in [4.69, 9.17) is 0 Å². The van der Waals surface area contributed by atoms with Gasteiger partial charge in [-0.2, -0.15) is 5.10 Å². The van der Waals surface area contributed by atoms with Crippen LogP contribution in [-0.2, 0) is 6.42 Å². The number of aromatic nitrogens is 17. The Morgan fingerprint density at radius 2 is 0.881 bits per heavy atom. The molecule has 0 fully saturated rings. The number of aromatic amines is 1. The third-order valence-corrected chi connectivity index (χ3v) is 23.1. The number of aliphatic imine (C=N–C) groups is 1. The summed E-state index contributed by atoms with van der Waals surface area (Å²) in [4.78, 5) is 65.1. The minimum atomic E-state index is 0. The number of benzene rings is 2. The number of fused-ring (bicyclic) bond motifs is 9. The summed E-state index contributed by atoms with van der Waals surface area (Å²) in [6.45, 7) is 38.8. The van der Waals surface area contributed by atoms with Crippen molar-refractivity contribution in [1.82, 2.24) is 83.8 Å². The number of thiazole rings is 5. The van der Waals surface area contributed by atoms with Crippen LogP contribution < -0.4 is 0 Å². The van der Waals surface area contributed by atoms with Gasteiger partial charge in [-0.1, -0.05) is 174 Å². The zero-order chi connectivity index (χ0) is 77.0. The van der Waals surface area contributed by atoms with Crippen LogP contribution >= 0.6 is 56.7 Å². The Morgan fingerprint density at radius 1 is 0.367 bits per heavy atom. The Hall–Kier alpha value is -9.91. The monoisotopic (exact) mass is 1550 g/mol. The van der Waals surface area contributed by atoms with E-state index in [1.807, 2.05) is 147 Å². The molecular weight excluding hydrogens is 1450 g/mol. The lowest BCUT2D eigenvalue weighted by Gasteiger charge is -2.01. The van der Waals surface area contributed by atoms with Gasteiger partial charge in [-0.25, -0.2) is 54.4 Å². The average molecular weight is 1550 g/mol. The van der Waals surface area contributed by atoms with Crippen molar-refractivity contribution in [3.8, 4) is 0 Å². The van der Waals surface area contributed by atoms with Crippen LogP contribution in [0.3, 0.4) is 0 Å². The predicted molar refractivity (Wildman–Crippen MR) is 463 cm³/mol. The second-order valence-corrected chi connectivity index (χ2v) is 33.8. The first-order valence-electron chi connectivity index (χ1n) is 36.8. The number of hydrogen-bond acceptors (Lipinski definition) is 20. The van der Waals surface area contributed by atoms with Crippen molar-refractivity contribution >= 4 is 142 Å². The van der Waals surface area contributed by atoms with Crippen molar-refractivity contribution < 1.29 is 0 Å². The summed E-state index contributed by atoms with van der Waals surface area (Å²) in [6, 6.07) is 40.2. The van der Waals surface area contributed by atoms with Crippen molar-refractivity contribution in [3.05, 3.63) is 244 Å². The number of nitrogens with zero attached hydrogens (tertiary/aromatic N) is 17. The smallest absolute Gasteiger partial charge is 0.170 e. The van der Waals surface area contributed by atoms with E-state index in [2.05, 4.69) is 239 Å². The summed E-state index contributed by atoms with van der Waals surface area (Å²) >= 11 is 8.70. The molecule has 16 heterocycles. The van der Waals surface area contributed by atoms with Crippen LogP contribution in [0.15, 0.2) is 201 Å². The first kappa shape index (κ1) is 83.1. The van der Waals surface area contributed by atoms with Crippen LogP contribution in [0.2, 0.25) is 0 Å². The molecule has 23 heteroatoms. The lowest BCUT2D eigenvalue weighted by Crippen LogP contribution is -2.06. The van der Waals surface area contributed by atoms with Crippen LogP contribution in [0.25, 0.3) is 73.7 Å².